The molecule has 1 aromatic carbocycles. The average molecular weight is 265 g/mol. The maximum Gasteiger partial charge on any atom is 0.0737 e. The minimum atomic E-state index is 0.150. The molecule has 0 unspecified atom stereocenters. The maximum absolute atomic E-state index is 9.16. The number of pyridine rings is 1. The first-order chi connectivity index (χ1) is 8.76. The summed E-state index contributed by atoms with van der Waals surface area (Å²) < 4.78 is 0. The zero-order valence-electron chi connectivity index (χ0n) is 10.4. The van der Waals surface area contributed by atoms with Crippen molar-refractivity contribution in [3.63, 3.8) is 0 Å². The van der Waals surface area contributed by atoms with Gasteiger partial charge < -0.3 is 10.0 Å². The van der Waals surface area contributed by atoms with Crippen LogP contribution in [0.4, 0.5) is 5.69 Å². The van der Waals surface area contributed by atoms with Gasteiger partial charge in [-0.15, -0.1) is 0 Å². The number of benzene rings is 1. The van der Waals surface area contributed by atoms with E-state index in [1.54, 1.807) is 6.20 Å². The van der Waals surface area contributed by atoms with E-state index >= 15 is 0 Å². The van der Waals surface area contributed by atoms with Crippen molar-refractivity contribution in [2.75, 3.05) is 24.6 Å². The normalized spacial score (nSPS) is 10.8. The summed E-state index contributed by atoms with van der Waals surface area (Å²) in [6.07, 6.45) is 2.82. The molecule has 0 amide bonds. The molecule has 0 saturated carbocycles. The lowest BCUT2D eigenvalue weighted by molar-refractivity contribution is 0.302. The molecule has 0 aliphatic rings. The molecule has 0 atom stereocenters. The summed E-state index contributed by atoms with van der Waals surface area (Å²) in [5, 5.41) is 10.9. The number of anilines is 1. The molecule has 1 heterocycles. The summed E-state index contributed by atoms with van der Waals surface area (Å²) in [6, 6.07) is 7.71. The summed E-state index contributed by atoms with van der Waals surface area (Å²) in [4.78, 5) is 6.51. The van der Waals surface area contributed by atoms with Gasteiger partial charge in [0.05, 0.1) is 12.1 Å². The summed E-state index contributed by atoms with van der Waals surface area (Å²) in [7, 11) is 0. The number of aliphatic hydroxyl groups excluding tert-OH is 1. The van der Waals surface area contributed by atoms with Crippen LogP contribution in [0.15, 0.2) is 30.5 Å². The Hall–Kier alpha value is -1.32. The third-order valence-electron chi connectivity index (χ3n) is 2.89. The monoisotopic (exact) mass is 264 g/mol. The van der Waals surface area contributed by atoms with Crippen molar-refractivity contribution in [2.24, 2.45) is 0 Å². The predicted molar refractivity (Wildman–Crippen MR) is 76.3 cm³/mol. The Morgan fingerprint density at radius 1 is 1.28 bits per heavy atom. The quantitative estimate of drug-likeness (QED) is 0.902. The van der Waals surface area contributed by atoms with Crippen LogP contribution in [0, 0.1) is 0 Å². The van der Waals surface area contributed by atoms with Crippen LogP contribution >= 0.6 is 11.6 Å². The van der Waals surface area contributed by atoms with E-state index in [1.165, 1.54) is 0 Å². The van der Waals surface area contributed by atoms with Crippen molar-refractivity contribution >= 4 is 28.2 Å². The van der Waals surface area contributed by atoms with Crippen molar-refractivity contribution in [3.8, 4) is 0 Å². The third kappa shape index (κ3) is 2.74. The van der Waals surface area contributed by atoms with E-state index in [1.807, 2.05) is 24.3 Å². The highest BCUT2D eigenvalue weighted by Gasteiger charge is 2.09. The van der Waals surface area contributed by atoms with Gasteiger partial charge in [-0.3, -0.25) is 4.98 Å². The second kappa shape index (κ2) is 6.03. The first-order valence-corrected chi connectivity index (χ1v) is 6.54. The first-order valence-electron chi connectivity index (χ1n) is 6.16. The molecule has 0 fully saturated rings. The number of hydrogen-bond donors (Lipinski definition) is 1. The van der Waals surface area contributed by atoms with Gasteiger partial charge >= 0.3 is 0 Å². The SMILES string of the molecule is CCCN(CCO)c1ccnc2cc(Cl)ccc12. The van der Waals surface area contributed by atoms with E-state index in [0.717, 1.165) is 29.6 Å². The van der Waals surface area contributed by atoms with E-state index in [9.17, 15) is 0 Å². The Bertz CT molecular complexity index is 524. The second-order valence-corrected chi connectivity index (χ2v) is 4.64. The molecule has 4 heteroatoms. The van der Waals surface area contributed by atoms with Gasteiger partial charge in [0.1, 0.15) is 0 Å². The largest absolute Gasteiger partial charge is 0.395 e. The molecule has 0 bridgehead atoms. The summed E-state index contributed by atoms with van der Waals surface area (Å²) >= 11 is 5.98. The van der Waals surface area contributed by atoms with Crippen LogP contribution in [-0.4, -0.2) is 29.8 Å². The number of fused-ring (bicyclic) bond motifs is 1. The number of nitrogens with zero attached hydrogens (tertiary/aromatic N) is 2. The fourth-order valence-corrected chi connectivity index (χ4v) is 2.29. The van der Waals surface area contributed by atoms with Gasteiger partial charge in [0.2, 0.25) is 0 Å². The Labute approximate surface area is 112 Å². The van der Waals surface area contributed by atoms with Crippen LogP contribution in [0.5, 0.6) is 0 Å². The molecule has 1 N–H and O–H groups in total. The molecule has 2 rings (SSSR count). The van der Waals surface area contributed by atoms with Crippen LogP contribution in [0.1, 0.15) is 13.3 Å². The van der Waals surface area contributed by atoms with Gasteiger partial charge in [-0.2, -0.15) is 0 Å². The lowest BCUT2D eigenvalue weighted by atomic mass is 10.1. The molecular weight excluding hydrogens is 248 g/mol. The highest BCUT2D eigenvalue weighted by atomic mass is 35.5. The van der Waals surface area contributed by atoms with Gasteiger partial charge in [-0.25, -0.2) is 0 Å². The molecule has 2 aromatic rings. The summed E-state index contributed by atoms with van der Waals surface area (Å²) in [6.45, 7) is 3.83. The molecular formula is C14H17ClN2O. The van der Waals surface area contributed by atoms with Gasteiger partial charge in [-0.1, -0.05) is 18.5 Å². The van der Waals surface area contributed by atoms with Crippen molar-refractivity contribution in [1.82, 2.24) is 4.98 Å². The van der Waals surface area contributed by atoms with Crippen molar-refractivity contribution in [2.45, 2.75) is 13.3 Å². The highest BCUT2D eigenvalue weighted by Crippen LogP contribution is 2.27. The number of halogens is 1. The van der Waals surface area contributed by atoms with E-state index < -0.39 is 0 Å². The van der Waals surface area contributed by atoms with Crippen molar-refractivity contribution < 1.29 is 5.11 Å². The Balaban J connectivity index is 2.48. The molecule has 96 valence electrons. The van der Waals surface area contributed by atoms with Gasteiger partial charge in [0.25, 0.3) is 0 Å². The molecule has 0 aliphatic carbocycles. The number of rotatable bonds is 5. The van der Waals surface area contributed by atoms with Crippen molar-refractivity contribution in [3.05, 3.63) is 35.5 Å². The molecule has 0 aliphatic heterocycles. The first kappa shape index (κ1) is 13.1. The zero-order chi connectivity index (χ0) is 13.0. The number of aliphatic hydroxyl groups is 1. The van der Waals surface area contributed by atoms with Crippen LogP contribution in [0.2, 0.25) is 5.02 Å². The zero-order valence-corrected chi connectivity index (χ0v) is 11.2. The molecule has 0 radical (unpaired) electrons. The molecule has 0 saturated heterocycles. The Morgan fingerprint density at radius 3 is 2.83 bits per heavy atom. The average Bonchev–Trinajstić information content (AvgIpc) is 2.37. The molecule has 1 aromatic heterocycles. The van der Waals surface area contributed by atoms with Gasteiger partial charge in [-0.05, 0) is 30.7 Å². The van der Waals surface area contributed by atoms with Crippen molar-refractivity contribution in [1.29, 1.82) is 0 Å². The number of aromatic nitrogens is 1. The topological polar surface area (TPSA) is 36.4 Å². The third-order valence-corrected chi connectivity index (χ3v) is 3.12. The van der Waals surface area contributed by atoms with Crippen LogP contribution in [0.3, 0.4) is 0 Å². The van der Waals surface area contributed by atoms with Gasteiger partial charge in [0.15, 0.2) is 0 Å². The minimum Gasteiger partial charge on any atom is -0.395 e. The van der Waals surface area contributed by atoms with Gasteiger partial charge in [0, 0.05) is 35.4 Å². The predicted octanol–water partition coefficient (Wildman–Crippen LogP) is 3.10. The van der Waals surface area contributed by atoms with E-state index in [2.05, 4.69) is 16.8 Å². The second-order valence-electron chi connectivity index (χ2n) is 4.20. The van der Waals surface area contributed by atoms with E-state index in [-0.39, 0.29) is 6.61 Å². The molecule has 18 heavy (non-hydrogen) atoms. The summed E-state index contributed by atoms with van der Waals surface area (Å²) in [5.41, 5.74) is 1.99. The molecule has 0 spiro atoms. The highest BCUT2D eigenvalue weighted by molar-refractivity contribution is 6.31. The smallest absolute Gasteiger partial charge is 0.0737 e. The van der Waals surface area contributed by atoms with E-state index in [4.69, 9.17) is 16.7 Å². The molecule has 3 nitrogen and oxygen atoms in total. The minimum absolute atomic E-state index is 0.150. The van der Waals surface area contributed by atoms with Crippen LogP contribution in [0.25, 0.3) is 10.9 Å². The number of hydrogen-bond acceptors (Lipinski definition) is 3. The lowest BCUT2D eigenvalue weighted by Gasteiger charge is -2.24. The summed E-state index contributed by atoms with van der Waals surface area (Å²) in [5.74, 6) is 0. The fraction of sp³-hybridized carbons (Fsp3) is 0.357. The lowest BCUT2D eigenvalue weighted by Crippen LogP contribution is -2.27. The van der Waals surface area contributed by atoms with E-state index in [0.29, 0.717) is 11.6 Å². The van der Waals surface area contributed by atoms with Crippen LogP contribution < -0.4 is 4.90 Å². The Morgan fingerprint density at radius 2 is 2.11 bits per heavy atom. The Kier molecular flexibility index (Phi) is 4.39. The standard InChI is InChI=1S/C14H17ClN2O/c1-2-7-17(8-9-18)14-5-6-16-13-10-11(15)3-4-12(13)14/h3-6,10,18H,2,7-9H2,1H3. The maximum atomic E-state index is 9.16. The van der Waals surface area contributed by atoms with Crippen LogP contribution in [-0.2, 0) is 0 Å². The fourth-order valence-electron chi connectivity index (χ4n) is 2.13.